The van der Waals surface area contributed by atoms with E-state index in [0.717, 1.165) is 6.07 Å². The number of benzene rings is 1. The van der Waals surface area contributed by atoms with Crippen molar-refractivity contribution in [2.75, 3.05) is 6.61 Å². The van der Waals surface area contributed by atoms with Gasteiger partial charge >= 0.3 is 6.18 Å². The van der Waals surface area contributed by atoms with Gasteiger partial charge in [-0.2, -0.15) is 13.2 Å². The van der Waals surface area contributed by atoms with Crippen LogP contribution in [0.1, 0.15) is 46.6 Å². The Bertz CT molecular complexity index is 660. The summed E-state index contributed by atoms with van der Waals surface area (Å²) in [6.07, 6.45) is -4.21. The molecule has 0 aliphatic heterocycles. The van der Waals surface area contributed by atoms with E-state index >= 15 is 0 Å². The Hall–Kier alpha value is -2.25. The normalized spacial score (nSPS) is 13.9. The Kier molecular flexibility index (Phi) is 8.78. The number of carbonyl (C=O) groups excluding carboxylic acids is 2. The molecule has 2 atom stereocenters. The van der Waals surface area contributed by atoms with Gasteiger partial charge in [0.05, 0.1) is 11.6 Å². The summed E-state index contributed by atoms with van der Waals surface area (Å²) in [5, 5.41) is 5.40. The number of hydrogen-bond acceptors (Lipinski definition) is 3. The molecule has 2 unspecified atom stereocenters. The van der Waals surface area contributed by atoms with Crippen LogP contribution in [0.2, 0.25) is 0 Å². The van der Waals surface area contributed by atoms with Crippen molar-refractivity contribution in [3.05, 3.63) is 29.8 Å². The molecule has 0 aliphatic rings. The standard InChI is InChI=1S/C20H29F3N2O3/c1-12(2)10-17(26)25-18(13(3)4)19(27)24-14(5)11-28-16-9-7-6-8-15(16)20(21,22)23/h6-9,12-14,18H,10-11H2,1-5H3,(H,24,27)(H,25,26). The monoisotopic (exact) mass is 402 g/mol. The van der Waals surface area contributed by atoms with Crippen LogP contribution in [0.3, 0.4) is 0 Å². The van der Waals surface area contributed by atoms with Gasteiger partial charge in [-0.3, -0.25) is 9.59 Å². The molecule has 0 bridgehead atoms. The minimum atomic E-state index is -4.52. The summed E-state index contributed by atoms with van der Waals surface area (Å²) in [6.45, 7) is 8.91. The number of amides is 2. The van der Waals surface area contributed by atoms with Crippen molar-refractivity contribution < 1.29 is 27.5 Å². The number of ether oxygens (including phenoxy) is 1. The van der Waals surface area contributed by atoms with Gasteiger partial charge in [-0.25, -0.2) is 0 Å². The molecule has 8 heteroatoms. The summed E-state index contributed by atoms with van der Waals surface area (Å²) in [4.78, 5) is 24.5. The maximum atomic E-state index is 13.0. The lowest BCUT2D eigenvalue weighted by Crippen LogP contribution is -2.52. The second-order valence-corrected chi connectivity index (χ2v) is 7.60. The van der Waals surface area contributed by atoms with Crippen molar-refractivity contribution in [2.45, 2.75) is 59.3 Å². The van der Waals surface area contributed by atoms with Crippen LogP contribution >= 0.6 is 0 Å². The molecule has 0 saturated carbocycles. The molecule has 2 amide bonds. The maximum absolute atomic E-state index is 13.0. The van der Waals surface area contributed by atoms with Crippen molar-refractivity contribution in [3.63, 3.8) is 0 Å². The van der Waals surface area contributed by atoms with Crippen LogP contribution < -0.4 is 15.4 Å². The fourth-order valence-electron chi connectivity index (χ4n) is 2.55. The zero-order valence-corrected chi connectivity index (χ0v) is 16.9. The van der Waals surface area contributed by atoms with E-state index in [1.807, 2.05) is 13.8 Å². The molecule has 158 valence electrons. The Morgan fingerprint density at radius 1 is 1.04 bits per heavy atom. The number of hydrogen-bond donors (Lipinski definition) is 2. The van der Waals surface area contributed by atoms with Gasteiger partial charge in [0.15, 0.2) is 0 Å². The van der Waals surface area contributed by atoms with Gasteiger partial charge in [0.1, 0.15) is 18.4 Å². The van der Waals surface area contributed by atoms with E-state index in [1.54, 1.807) is 20.8 Å². The van der Waals surface area contributed by atoms with E-state index in [1.165, 1.54) is 18.2 Å². The van der Waals surface area contributed by atoms with Gasteiger partial charge in [0, 0.05) is 6.42 Å². The number of halogens is 3. The molecule has 0 aliphatic carbocycles. The lowest BCUT2D eigenvalue weighted by Gasteiger charge is -2.24. The molecule has 1 aromatic carbocycles. The lowest BCUT2D eigenvalue weighted by molar-refractivity contribution is -0.139. The van der Waals surface area contributed by atoms with Gasteiger partial charge in [0.2, 0.25) is 11.8 Å². The molecule has 0 aromatic heterocycles. The molecule has 5 nitrogen and oxygen atoms in total. The van der Waals surface area contributed by atoms with Crippen LogP contribution in [0.4, 0.5) is 13.2 Å². The molecule has 0 radical (unpaired) electrons. The van der Waals surface area contributed by atoms with Gasteiger partial charge < -0.3 is 15.4 Å². The maximum Gasteiger partial charge on any atom is 0.419 e. The molecule has 0 saturated heterocycles. The topological polar surface area (TPSA) is 67.4 Å². The Balaban J connectivity index is 2.67. The quantitative estimate of drug-likeness (QED) is 0.661. The average Bonchev–Trinajstić information content (AvgIpc) is 2.56. The number of carbonyl (C=O) groups is 2. The SMILES string of the molecule is CC(C)CC(=O)NC(C(=O)NC(C)COc1ccccc1C(F)(F)F)C(C)C. The predicted octanol–water partition coefficient (Wildman–Crippen LogP) is 3.78. The molecule has 1 rings (SSSR count). The van der Waals surface area contributed by atoms with Crippen LogP contribution in [-0.2, 0) is 15.8 Å². The highest BCUT2D eigenvalue weighted by atomic mass is 19.4. The highest BCUT2D eigenvalue weighted by Crippen LogP contribution is 2.35. The number of para-hydroxylation sites is 1. The van der Waals surface area contributed by atoms with Crippen molar-refractivity contribution in [1.29, 1.82) is 0 Å². The summed E-state index contributed by atoms with van der Waals surface area (Å²) in [7, 11) is 0. The Morgan fingerprint density at radius 3 is 2.18 bits per heavy atom. The van der Waals surface area contributed by atoms with E-state index < -0.39 is 29.7 Å². The highest BCUT2D eigenvalue weighted by Gasteiger charge is 2.34. The minimum Gasteiger partial charge on any atom is -0.491 e. The van der Waals surface area contributed by atoms with Gasteiger partial charge in [-0.1, -0.05) is 39.8 Å². The lowest BCUT2D eigenvalue weighted by atomic mass is 10.0. The van der Waals surface area contributed by atoms with Crippen LogP contribution in [0.25, 0.3) is 0 Å². The number of nitrogens with one attached hydrogen (secondary N) is 2. The van der Waals surface area contributed by atoms with Crippen LogP contribution in [0.15, 0.2) is 24.3 Å². The van der Waals surface area contributed by atoms with Crippen molar-refractivity contribution in [1.82, 2.24) is 10.6 Å². The van der Waals surface area contributed by atoms with Gasteiger partial charge in [-0.15, -0.1) is 0 Å². The summed E-state index contributed by atoms with van der Waals surface area (Å²) in [6, 6.07) is 3.65. The molecular weight excluding hydrogens is 373 g/mol. The van der Waals surface area contributed by atoms with Crippen molar-refractivity contribution in [3.8, 4) is 5.75 Å². The van der Waals surface area contributed by atoms with E-state index in [0.29, 0.717) is 6.42 Å². The smallest absolute Gasteiger partial charge is 0.419 e. The summed E-state index contributed by atoms with van der Waals surface area (Å²) < 4.78 is 44.3. The molecule has 1 aromatic rings. The van der Waals surface area contributed by atoms with Crippen LogP contribution in [0, 0.1) is 11.8 Å². The third kappa shape index (κ3) is 7.78. The Morgan fingerprint density at radius 2 is 1.64 bits per heavy atom. The van der Waals surface area contributed by atoms with Crippen molar-refractivity contribution in [2.24, 2.45) is 11.8 Å². The van der Waals surface area contributed by atoms with Crippen LogP contribution in [0.5, 0.6) is 5.75 Å². The molecule has 0 fully saturated rings. The summed E-state index contributed by atoms with van der Waals surface area (Å²) >= 11 is 0. The zero-order chi connectivity index (χ0) is 21.5. The molecule has 0 heterocycles. The molecular formula is C20H29F3N2O3. The molecule has 0 spiro atoms. The first-order valence-electron chi connectivity index (χ1n) is 9.30. The summed E-state index contributed by atoms with van der Waals surface area (Å²) in [5.74, 6) is -0.881. The predicted molar refractivity (Wildman–Crippen MR) is 101 cm³/mol. The summed E-state index contributed by atoms with van der Waals surface area (Å²) in [5.41, 5.74) is -0.866. The number of rotatable bonds is 9. The van der Waals surface area contributed by atoms with Gasteiger partial charge in [-0.05, 0) is 30.9 Å². The van der Waals surface area contributed by atoms with E-state index in [-0.39, 0.29) is 30.1 Å². The zero-order valence-electron chi connectivity index (χ0n) is 16.9. The average molecular weight is 402 g/mol. The second kappa shape index (κ2) is 10.3. The highest BCUT2D eigenvalue weighted by molar-refractivity contribution is 5.88. The Labute approximate surface area is 164 Å². The number of alkyl halides is 3. The van der Waals surface area contributed by atoms with E-state index in [4.69, 9.17) is 4.74 Å². The molecule has 2 N–H and O–H groups in total. The van der Waals surface area contributed by atoms with E-state index in [2.05, 4.69) is 10.6 Å². The third-order valence-corrected chi connectivity index (χ3v) is 3.93. The minimum absolute atomic E-state index is 0.135. The fourth-order valence-corrected chi connectivity index (χ4v) is 2.55. The van der Waals surface area contributed by atoms with Crippen molar-refractivity contribution >= 4 is 11.8 Å². The third-order valence-electron chi connectivity index (χ3n) is 3.93. The molecule has 28 heavy (non-hydrogen) atoms. The first kappa shape index (κ1) is 23.8. The fraction of sp³-hybridized carbons (Fsp3) is 0.600. The van der Waals surface area contributed by atoms with Crippen LogP contribution in [-0.4, -0.2) is 30.5 Å². The first-order valence-corrected chi connectivity index (χ1v) is 9.30. The second-order valence-electron chi connectivity index (χ2n) is 7.60. The first-order chi connectivity index (χ1) is 12.9. The largest absolute Gasteiger partial charge is 0.491 e. The van der Waals surface area contributed by atoms with Gasteiger partial charge in [0.25, 0.3) is 0 Å². The van der Waals surface area contributed by atoms with E-state index in [9.17, 15) is 22.8 Å².